The Morgan fingerprint density at radius 1 is 1.29 bits per heavy atom. The minimum Gasteiger partial charge on any atom is -0.392 e. The highest BCUT2D eigenvalue weighted by atomic mass is 16.3. The lowest BCUT2D eigenvalue weighted by Gasteiger charge is -2.40. The molecule has 0 aromatic heterocycles. The Morgan fingerprint density at radius 3 is 2.65 bits per heavy atom. The zero-order chi connectivity index (χ0) is 12.3. The van der Waals surface area contributed by atoms with Crippen molar-refractivity contribution >= 4 is 0 Å². The summed E-state index contributed by atoms with van der Waals surface area (Å²) in [5.74, 6) is 0. The summed E-state index contributed by atoms with van der Waals surface area (Å²) in [6, 6.07) is 11.0. The van der Waals surface area contributed by atoms with Crippen LogP contribution in [0.3, 0.4) is 0 Å². The predicted molar refractivity (Wildman–Crippen MR) is 69.9 cm³/mol. The smallest absolute Gasteiger partial charge is 0.0639 e. The van der Waals surface area contributed by atoms with E-state index >= 15 is 0 Å². The molecule has 2 atom stereocenters. The van der Waals surface area contributed by atoms with Crippen LogP contribution < -0.4 is 0 Å². The summed E-state index contributed by atoms with van der Waals surface area (Å²) in [5.41, 5.74) is 1.35. The van der Waals surface area contributed by atoms with E-state index in [1.807, 2.05) is 6.92 Å². The molecule has 0 saturated carbocycles. The molecular weight excluding hydrogens is 212 g/mol. The summed E-state index contributed by atoms with van der Waals surface area (Å²) in [4.78, 5) is 4.75. The second-order valence-electron chi connectivity index (χ2n) is 5.03. The highest BCUT2D eigenvalue weighted by Crippen LogP contribution is 2.24. The van der Waals surface area contributed by atoms with Gasteiger partial charge >= 0.3 is 0 Å². The van der Waals surface area contributed by atoms with Gasteiger partial charge in [0, 0.05) is 32.2 Å². The van der Waals surface area contributed by atoms with Gasteiger partial charge < -0.3 is 10.0 Å². The first-order chi connectivity index (χ1) is 8.16. The van der Waals surface area contributed by atoms with Gasteiger partial charge in [0.25, 0.3) is 0 Å². The van der Waals surface area contributed by atoms with E-state index in [2.05, 4.69) is 47.2 Å². The minimum atomic E-state index is -0.260. The first kappa shape index (κ1) is 12.6. The third-order valence-corrected chi connectivity index (χ3v) is 3.38. The molecule has 0 radical (unpaired) electrons. The fourth-order valence-electron chi connectivity index (χ4n) is 2.51. The first-order valence-corrected chi connectivity index (χ1v) is 6.32. The number of aliphatic hydroxyl groups excluding tert-OH is 1. The van der Waals surface area contributed by atoms with Crippen LogP contribution >= 0.6 is 0 Å². The van der Waals surface area contributed by atoms with E-state index in [4.69, 9.17) is 0 Å². The molecule has 17 heavy (non-hydrogen) atoms. The highest BCUT2D eigenvalue weighted by Gasteiger charge is 2.26. The van der Waals surface area contributed by atoms with Crippen molar-refractivity contribution in [2.24, 2.45) is 0 Å². The zero-order valence-corrected chi connectivity index (χ0v) is 10.7. The van der Waals surface area contributed by atoms with Crippen molar-refractivity contribution in [3.63, 3.8) is 0 Å². The van der Waals surface area contributed by atoms with E-state index in [-0.39, 0.29) is 6.10 Å². The van der Waals surface area contributed by atoms with E-state index in [1.54, 1.807) is 0 Å². The Balaban J connectivity index is 2.14. The van der Waals surface area contributed by atoms with Gasteiger partial charge in [-0.2, -0.15) is 0 Å². The lowest BCUT2D eigenvalue weighted by molar-refractivity contribution is 0.0468. The van der Waals surface area contributed by atoms with Crippen molar-refractivity contribution in [3.8, 4) is 0 Å². The lowest BCUT2D eigenvalue weighted by atomic mass is 10.0. The predicted octanol–water partition coefficient (Wildman–Crippen LogP) is 1.36. The molecule has 1 fully saturated rings. The van der Waals surface area contributed by atoms with Crippen molar-refractivity contribution in [2.75, 3.05) is 33.2 Å². The van der Waals surface area contributed by atoms with Gasteiger partial charge in [-0.25, -0.2) is 0 Å². The van der Waals surface area contributed by atoms with Crippen LogP contribution in [0.15, 0.2) is 30.3 Å². The first-order valence-electron chi connectivity index (χ1n) is 6.32. The van der Waals surface area contributed by atoms with Crippen LogP contribution in [0.1, 0.15) is 18.5 Å². The van der Waals surface area contributed by atoms with Crippen LogP contribution in [0, 0.1) is 0 Å². The Bertz CT molecular complexity index is 339. The molecule has 1 heterocycles. The van der Waals surface area contributed by atoms with Gasteiger partial charge in [-0.1, -0.05) is 30.3 Å². The second-order valence-corrected chi connectivity index (χ2v) is 5.03. The van der Waals surface area contributed by atoms with Crippen LogP contribution in [-0.4, -0.2) is 54.2 Å². The third-order valence-electron chi connectivity index (χ3n) is 3.38. The van der Waals surface area contributed by atoms with Crippen molar-refractivity contribution < 1.29 is 5.11 Å². The number of piperazine rings is 1. The van der Waals surface area contributed by atoms with E-state index < -0.39 is 0 Å². The fraction of sp³-hybridized carbons (Fsp3) is 0.571. The number of benzene rings is 1. The van der Waals surface area contributed by atoms with Crippen molar-refractivity contribution in [2.45, 2.75) is 19.1 Å². The molecule has 1 saturated heterocycles. The molecule has 1 aliphatic rings. The molecule has 1 N–H and O–H groups in total. The molecule has 1 aliphatic heterocycles. The summed E-state index contributed by atoms with van der Waals surface area (Å²) in [7, 11) is 2.16. The Kier molecular flexibility index (Phi) is 4.15. The number of hydrogen-bond donors (Lipinski definition) is 1. The van der Waals surface area contributed by atoms with Crippen LogP contribution in [0.5, 0.6) is 0 Å². The molecule has 2 unspecified atom stereocenters. The van der Waals surface area contributed by atoms with Gasteiger partial charge in [-0.15, -0.1) is 0 Å². The van der Waals surface area contributed by atoms with Crippen molar-refractivity contribution in [1.29, 1.82) is 0 Å². The molecule has 2 rings (SSSR count). The molecule has 1 aromatic carbocycles. The zero-order valence-electron chi connectivity index (χ0n) is 10.7. The third kappa shape index (κ3) is 3.28. The average molecular weight is 234 g/mol. The maximum Gasteiger partial charge on any atom is 0.0639 e. The maximum atomic E-state index is 9.58. The highest BCUT2D eigenvalue weighted by molar-refractivity contribution is 5.20. The molecule has 0 amide bonds. The molecular formula is C14H22N2O. The van der Waals surface area contributed by atoms with Gasteiger partial charge in [0.1, 0.15) is 0 Å². The standard InChI is InChI=1S/C14H22N2O/c1-12(17)10-16-9-8-15(2)11-14(16)13-6-4-3-5-7-13/h3-7,12,14,17H,8-11H2,1-2H3. The number of aliphatic hydroxyl groups is 1. The topological polar surface area (TPSA) is 26.7 Å². The van der Waals surface area contributed by atoms with E-state index in [9.17, 15) is 5.11 Å². The Labute approximate surface area is 104 Å². The lowest BCUT2D eigenvalue weighted by Crippen LogP contribution is -2.48. The number of rotatable bonds is 3. The summed E-state index contributed by atoms with van der Waals surface area (Å²) >= 11 is 0. The fourth-order valence-corrected chi connectivity index (χ4v) is 2.51. The molecule has 0 aliphatic carbocycles. The molecule has 94 valence electrons. The molecule has 3 heteroatoms. The van der Waals surface area contributed by atoms with Crippen LogP contribution in [-0.2, 0) is 0 Å². The van der Waals surface area contributed by atoms with Gasteiger partial charge in [-0.05, 0) is 19.5 Å². The quantitative estimate of drug-likeness (QED) is 0.855. The SMILES string of the molecule is CC(O)CN1CCN(C)CC1c1ccccc1. The van der Waals surface area contributed by atoms with E-state index in [0.717, 1.165) is 26.2 Å². The largest absolute Gasteiger partial charge is 0.392 e. The number of nitrogens with zero attached hydrogens (tertiary/aromatic N) is 2. The Morgan fingerprint density at radius 2 is 2.00 bits per heavy atom. The van der Waals surface area contributed by atoms with E-state index in [0.29, 0.717) is 6.04 Å². The minimum absolute atomic E-state index is 0.260. The summed E-state index contributed by atoms with van der Waals surface area (Å²) in [6.07, 6.45) is -0.260. The summed E-state index contributed by atoms with van der Waals surface area (Å²) in [6.45, 7) is 5.77. The van der Waals surface area contributed by atoms with Crippen LogP contribution in [0.25, 0.3) is 0 Å². The number of hydrogen-bond acceptors (Lipinski definition) is 3. The van der Waals surface area contributed by atoms with Crippen LogP contribution in [0.4, 0.5) is 0 Å². The second kappa shape index (κ2) is 5.63. The van der Waals surface area contributed by atoms with E-state index in [1.165, 1.54) is 5.56 Å². The van der Waals surface area contributed by atoms with Crippen molar-refractivity contribution in [1.82, 2.24) is 9.80 Å². The monoisotopic (exact) mass is 234 g/mol. The van der Waals surface area contributed by atoms with Crippen LogP contribution in [0.2, 0.25) is 0 Å². The molecule has 1 aromatic rings. The number of likely N-dealkylation sites (N-methyl/N-ethyl adjacent to an activating group) is 1. The van der Waals surface area contributed by atoms with Gasteiger partial charge in [0.05, 0.1) is 6.10 Å². The summed E-state index contributed by atoms with van der Waals surface area (Å²) < 4.78 is 0. The molecule has 0 bridgehead atoms. The van der Waals surface area contributed by atoms with Gasteiger partial charge in [-0.3, -0.25) is 4.90 Å². The van der Waals surface area contributed by atoms with Gasteiger partial charge in [0.2, 0.25) is 0 Å². The Hall–Kier alpha value is -0.900. The van der Waals surface area contributed by atoms with Crippen molar-refractivity contribution in [3.05, 3.63) is 35.9 Å². The molecule has 3 nitrogen and oxygen atoms in total. The summed E-state index contributed by atoms with van der Waals surface area (Å²) in [5, 5.41) is 9.58. The normalized spacial score (nSPS) is 24.8. The molecule has 0 spiro atoms. The maximum absolute atomic E-state index is 9.58. The number of β-amino-alcohol motifs (C(OH)–C–C–N with tert-alkyl or cyclic N) is 1. The van der Waals surface area contributed by atoms with Gasteiger partial charge in [0.15, 0.2) is 0 Å². The average Bonchev–Trinajstić information content (AvgIpc) is 2.32.